The molecule has 90 valence electrons. The molecule has 4 heteroatoms. The summed E-state index contributed by atoms with van der Waals surface area (Å²) in [4.78, 5) is 10.9. The number of halogens is 1. The van der Waals surface area contributed by atoms with Crippen LogP contribution in [-0.4, -0.2) is 17.2 Å². The van der Waals surface area contributed by atoms with Gasteiger partial charge in [-0.15, -0.1) is 0 Å². The molecule has 0 saturated heterocycles. The third-order valence-corrected chi connectivity index (χ3v) is 3.32. The summed E-state index contributed by atoms with van der Waals surface area (Å²) in [6.07, 6.45) is 7.35. The lowest BCUT2D eigenvalue weighted by Gasteiger charge is -2.19. The van der Waals surface area contributed by atoms with Crippen LogP contribution in [0.15, 0.2) is 34.8 Å². The topological polar surface area (TPSA) is 46.5 Å². The molecule has 0 heterocycles. The van der Waals surface area contributed by atoms with Crippen molar-refractivity contribution in [2.45, 2.75) is 25.4 Å². The number of aromatic carboxylic acids is 1. The van der Waals surface area contributed by atoms with E-state index in [-0.39, 0.29) is 11.7 Å². The summed E-state index contributed by atoms with van der Waals surface area (Å²) < 4.78 is 6.56. The molecule has 0 amide bonds. The van der Waals surface area contributed by atoms with Gasteiger partial charge < -0.3 is 9.84 Å². The zero-order valence-corrected chi connectivity index (χ0v) is 10.8. The van der Waals surface area contributed by atoms with Gasteiger partial charge in [-0.25, -0.2) is 4.79 Å². The van der Waals surface area contributed by atoms with Crippen LogP contribution in [0, 0.1) is 0 Å². The van der Waals surface area contributed by atoms with Crippen LogP contribution in [0.25, 0.3) is 0 Å². The van der Waals surface area contributed by atoms with Crippen molar-refractivity contribution in [3.05, 3.63) is 40.4 Å². The van der Waals surface area contributed by atoms with Gasteiger partial charge >= 0.3 is 5.97 Å². The summed E-state index contributed by atoms with van der Waals surface area (Å²) in [6, 6.07) is 4.80. The van der Waals surface area contributed by atoms with E-state index >= 15 is 0 Å². The predicted octanol–water partition coefficient (Wildman–Crippen LogP) is 3.63. The number of carbonyl (C=O) groups is 1. The zero-order chi connectivity index (χ0) is 12.3. The van der Waals surface area contributed by atoms with Crippen LogP contribution in [-0.2, 0) is 0 Å². The van der Waals surface area contributed by atoms with E-state index in [0.717, 1.165) is 23.7 Å². The van der Waals surface area contributed by atoms with Crippen LogP contribution in [0.2, 0.25) is 0 Å². The van der Waals surface area contributed by atoms with Crippen LogP contribution >= 0.6 is 15.9 Å². The second-order valence-electron chi connectivity index (χ2n) is 3.97. The van der Waals surface area contributed by atoms with E-state index in [1.54, 1.807) is 18.2 Å². The number of carboxylic acids is 1. The van der Waals surface area contributed by atoms with Crippen LogP contribution in [0.5, 0.6) is 5.75 Å². The predicted molar refractivity (Wildman–Crippen MR) is 68.5 cm³/mol. The highest BCUT2D eigenvalue weighted by Gasteiger charge is 2.13. The van der Waals surface area contributed by atoms with Crippen LogP contribution < -0.4 is 4.74 Å². The Bertz CT molecular complexity index is 454. The fourth-order valence-corrected chi connectivity index (χ4v) is 2.11. The Labute approximate surface area is 108 Å². The molecule has 0 radical (unpaired) electrons. The van der Waals surface area contributed by atoms with Gasteiger partial charge in [0.1, 0.15) is 11.9 Å². The van der Waals surface area contributed by atoms with E-state index in [9.17, 15) is 4.79 Å². The Morgan fingerprint density at radius 1 is 1.47 bits per heavy atom. The normalized spacial score (nSPS) is 19.0. The Hall–Kier alpha value is -1.29. The molecular formula is C13H13BrO3. The average molecular weight is 297 g/mol. The molecule has 0 spiro atoms. The highest BCUT2D eigenvalue weighted by Crippen LogP contribution is 2.28. The SMILES string of the molecule is O=C(O)c1ccc(Br)c(OC2C=CCCC2)c1. The Morgan fingerprint density at radius 2 is 2.29 bits per heavy atom. The molecule has 0 saturated carbocycles. The maximum Gasteiger partial charge on any atom is 0.335 e. The fraction of sp³-hybridized carbons (Fsp3) is 0.308. The number of hydrogen-bond donors (Lipinski definition) is 1. The van der Waals surface area contributed by atoms with Crippen molar-refractivity contribution in [1.82, 2.24) is 0 Å². The summed E-state index contributed by atoms with van der Waals surface area (Å²) in [5.41, 5.74) is 0.239. The van der Waals surface area contributed by atoms with E-state index in [2.05, 4.69) is 22.0 Å². The van der Waals surface area contributed by atoms with Gasteiger partial charge in [0.05, 0.1) is 10.0 Å². The van der Waals surface area contributed by atoms with Crippen molar-refractivity contribution < 1.29 is 14.6 Å². The molecular weight excluding hydrogens is 284 g/mol. The molecule has 1 aliphatic rings. The molecule has 2 rings (SSSR count). The zero-order valence-electron chi connectivity index (χ0n) is 9.23. The van der Waals surface area contributed by atoms with Gasteiger partial charge in [-0.2, -0.15) is 0 Å². The number of hydrogen-bond acceptors (Lipinski definition) is 2. The van der Waals surface area contributed by atoms with Crippen molar-refractivity contribution in [1.29, 1.82) is 0 Å². The van der Waals surface area contributed by atoms with Crippen LogP contribution in [0.3, 0.4) is 0 Å². The Morgan fingerprint density at radius 3 is 2.94 bits per heavy atom. The molecule has 1 aromatic carbocycles. The number of benzene rings is 1. The molecule has 0 aliphatic heterocycles. The number of rotatable bonds is 3. The average Bonchev–Trinajstić information content (AvgIpc) is 2.33. The van der Waals surface area contributed by atoms with Crippen molar-refractivity contribution in [2.24, 2.45) is 0 Å². The van der Waals surface area contributed by atoms with E-state index < -0.39 is 5.97 Å². The third kappa shape index (κ3) is 3.09. The monoisotopic (exact) mass is 296 g/mol. The molecule has 3 nitrogen and oxygen atoms in total. The summed E-state index contributed by atoms with van der Waals surface area (Å²) in [6.45, 7) is 0. The van der Waals surface area contributed by atoms with E-state index in [0.29, 0.717) is 5.75 Å². The van der Waals surface area contributed by atoms with Gasteiger partial charge in [-0.1, -0.05) is 6.08 Å². The molecule has 1 aromatic rings. The molecule has 0 aromatic heterocycles. The first-order chi connectivity index (χ1) is 8.16. The lowest BCUT2D eigenvalue weighted by Crippen LogP contribution is -2.16. The molecule has 1 unspecified atom stereocenters. The molecule has 0 fully saturated rings. The largest absolute Gasteiger partial charge is 0.485 e. The molecule has 1 N–H and O–H groups in total. The number of allylic oxidation sites excluding steroid dienone is 1. The minimum Gasteiger partial charge on any atom is -0.485 e. The van der Waals surface area contributed by atoms with Gasteiger partial charge in [-0.3, -0.25) is 0 Å². The number of ether oxygens (including phenoxy) is 1. The molecule has 0 bridgehead atoms. The van der Waals surface area contributed by atoms with Crippen molar-refractivity contribution in [3.63, 3.8) is 0 Å². The van der Waals surface area contributed by atoms with Gasteiger partial charge in [-0.05, 0) is 59.5 Å². The standard InChI is InChI=1S/C13H13BrO3/c14-11-7-6-9(13(15)16)8-12(11)17-10-4-2-1-3-5-10/h2,4,6-8,10H,1,3,5H2,(H,15,16). The second-order valence-corrected chi connectivity index (χ2v) is 4.82. The van der Waals surface area contributed by atoms with Crippen molar-refractivity contribution >= 4 is 21.9 Å². The van der Waals surface area contributed by atoms with E-state index in [1.807, 2.05) is 6.08 Å². The van der Waals surface area contributed by atoms with Gasteiger partial charge in [0.25, 0.3) is 0 Å². The highest BCUT2D eigenvalue weighted by atomic mass is 79.9. The van der Waals surface area contributed by atoms with Crippen LogP contribution in [0.4, 0.5) is 0 Å². The summed E-state index contributed by atoms with van der Waals surface area (Å²) >= 11 is 3.36. The molecule has 17 heavy (non-hydrogen) atoms. The first kappa shape index (κ1) is 12.2. The second kappa shape index (κ2) is 5.36. The smallest absolute Gasteiger partial charge is 0.335 e. The minimum absolute atomic E-state index is 0.0455. The first-order valence-electron chi connectivity index (χ1n) is 5.53. The fourth-order valence-electron chi connectivity index (χ4n) is 1.77. The number of carboxylic acid groups (broad SMARTS) is 1. The lowest BCUT2D eigenvalue weighted by molar-refractivity contribution is 0.0696. The Kier molecular flexibility index (Phi) is 3.84. The first-order valence-corrected chi connectivity index (χ1v) is 6.32. The maximum absolute atomic E-state index is 10.9. The summed E-state index contributed by atoms with van der Waals surface area (Å²) in [5, 5.41) is 8.92. The van der Waals surface area contributed by atoms with Gasteiger partial charge in [0, 0.05) is 0 Å². The summed E-state index contributed by atoms with van der Waals surface area (Å²) in [5.74, 6) is -0.358. The quantitative estimate of drug-likeness (QED) is 0.866. The van der Waals surface area contributed by atoms with E-state index in [1.165, 1.54) is 0 Å². The van der Waals surface area contributed by atoms with E-state index in [4.69, 9.17) is 9.84 Å². The van der Waals surface area contributed by atoms with Crippen molar-refractivity contribution in [3.8, 4) is 5.75 Å². The minimum atomic E-state index is -0.943. The van der Waals surface area contributed by atoms with Gasteiger partial charge in [0.15, 0.2) is 0 Å². The van der Waals surface area contributed by atoms with Crippen molar-refractivity contribution in [2.75, 3.05) is 0 Å². The lowest BCUT2D eigenvalue weighted by atomic mass is 10.1. The summed E-state index contributed by atoms with van der Waals surface area (Å²) in [7, 11) is 0. The molecule has 1 aliphatic carbocycles. The van der Waals surface area contributed by atoms with Crippen LogP contribution in [0.1, 0.15) is 29.6 Å². The van der Waals surface area contributed by atoms with Gasteiger partial charge in [0.2, 0.25) is 0 Å². The maximum atomic E-state index is 10.9. The Balaban J connectivity index is 2.19. The highest BCUT2D eigenvalue weighted by molar-refractivity contribution is 9.10. The third-order valence-electron chi connectivity index (χ3n) is 2.67. The molecule has 1 atom stereocenters.